The van der Waals surface area contributed by atoms with E-state index in [-0.39, 0.29) is 5.91 Å². The predicted octanol–water partition coefficient (Wildman–Crippen LogP) is 3.89. The van der Waals surface area contributed by atoms with E-state index in [2.05, 4.69) is 15.4 Å². The van der Waals surface area contributed by atoms with Gasteiger partial charge in [-0.25, -0.2) is 14.6 Å². The number of anilines is 1. The molecule has 0 saturated heterocycles. The molecule has 0 radical (unpaired) electrons. The molecule has 1 N–H and O–H groups in total. The van der Waals surface area contributed by atoms with E-state index in [1.807, 2.05) is 83.4 Å². The van der Waals surface area contributed by atoms with Crippen LogP contribution in [0.3, 0.4) is 0 Å². The molecule has 0 spiro atoms. The third kappa shape index (κ3) is 3.44. The highest BCUT2D eigenvalue weighted by Crippen LogP contribution is 2.29. The lowest BCUT2D eigenvalue weighted by atomic mass is 10.1. The summed E-state index contributed by atoms with van der Waals surface area (Å²) in [5.74, 6) is 0.457. The summed E-state index contributed by atoms with van der Waals surface area (Å²) >= 11 is 0. The summed E-state index contributed by atoms with van der Waals surface area (Å²) in [5, 5.41) is 7.15. The Hall–Kier alpha value is -4.26. The van der Waals surface area contributed by atoms with E-state index in [0.29, 0.717) is 17.9 Å². The van der Waals surface area contributed by atoms with Gasteiger partial charge < -0.3 is 5.32 Å². The number of fused-ring (bicyclic) bond motifs is 1. The van der Waals surface area contributed by atoms with Crippen LogP contribution in [0.5, 0.6) is 0 Å². The summed E-state index contributed by atoms with van der Waals surface area (Å²) in [7, 11) is 0. The molecule has 0 aliphatic rings. The quantitative estimate of drug-likeness (QED) is 0.491. The van der Waals surface area contributed by atoms with Gasteiger partial charge >= 0.3 is 0 Å². The fourth-order valence-electron chi connectivity index (χ4n) is 3.36. The van der Waals surface area contributed by atoms with Crippen molar-refractivity contribution in [3.05, 3.63) is 103 Å². The van der Waals surface area contributed by atoms with Gasteiger partial charge in [-0.1, -0.05) is 48.5 Å². The van der Waals surface area contributed by atoms with Crippen LogP contribution < -0.4 is 5.32 Å². The average molecular weight is 394 g/mol. The molecule has 146 valence electrons. The van der Waals surface area contributed by atoms with Gasteiger partial charge in [-0.3, -0.25) is 9.20 Å². The van der Waals surface area contributed by atoms with E-state index in [0.717, 1.165) is 22.5 Å². The summed E-state index contributed by atoms with van der Waals surface area (Å²) in [6.45, 7) is 0.604. The Balaban J connectivity index is 1.44. The maximum atomic E-state index is 13.0. The highest BCUT2D eigenvalue weighted by atomic mass is 16.1. The lowest BCUT2D eigenvalue weighted by molar-refractivity contribution is 0.102. The highest BCUT2D eigenvalue weighted by Gasteiger charge is 2.17. The second-order valence-electron chi connectivity index (χ2n) is 6.85. The van der Waals surface area contributed by atoms with Gasteiger partial charge in [0.2, 0.25) is 0 Å². The van der Waals surface area contributed by atoms with Crippen molar-refractivity contribution >= 4 is 17.4 Å². The predicted molar refractivity (Wildman–Crippen MR) is 114 cm³/mol. The van der Waals surface area contributed by atoms with E-state index >= 15 is 0 Å². The highest BCUT2D eigenvalue weighted by molar-refractivity contribution is 6.05. The number of amides is 1. The van der Waals surface area contributed by atoms with Crippen LogP contribution in [-0.4, -0.2) is 30.1 Å². The topological polar surface area (TPSA) is 77.1 Å². The first-order valence-electron chi connectivity index (χ1n) is 9.53. The Morgan fingerprint density at radius 3 is 2.50 bits per heavy atom. The lowest BCUT2D eigenvalue weighted by Gasteiger charge is -2.09. The number of benzene rings is 2. The van der Waals surface area contributed by atoms with E-state index in [1.54, 1.807) is 11.0 Å². The molecule has 0 fully saturated rings. The number of carbonyl (C=O) groups is 1. The minimum atomic E-state index is -0.190. The van der Waals surface area contributed by atoms with Gasteiger partial charge in [0.1, 0.15) is 29.8 Å². The van der Waals surface area contributed by atoms with Crippen LogP contribution in [0.1, 0.15) is 15.9 Å². The van der Waals surface area contributed by atoms with Crippen molar-refractivity contribution in [2.45, 2.75) is 6.54 Å². The molecule has 3 aromatic heterocycles. The molecule has 0 bridgehead atoms. The maximum Gasteiger partial charge on any atom is 0.256 e. The Labute approximate surface area is 172 Å². The second kappa shape index (κ2) is 7.63. The normalized spacial score (nSPS) is 10.9. The Morgan fingerprint density at radius 2 is 1.73 bits per heavy atom. The van der Waals surface area contributed by atoms with Crippen molar-refractivity contribution in [1.29, 1.82) is 0 Å². The first-order chi connectivity index (χ1) is 14.8. The van der Waals surface area contributed by atoms with Crippen LogP contribution in [0.25, 0.3) is 16.9 Å². The third-order valence-corrected chi connectivity index (χ3v) is 4.84. The Morgan fingerprint density at radius 1 is 0.933 bits per heavy atom. The first-order valence-corrected chi connectivity index (χ1v) is 9.53. The maximum absolute atomic E-state index is 13.0. The van der Waals surface area contributed by atoms with Crippen molar-refractivity contribution < 1.29 is 4.79 Å². The Kier molecular flexibility index (Phi) is 4.53. The van der Waals surface area contributed by atoms with E-state index in [4.69, 9.17) is 4.98 Å². The van der Waals surface area contributed by atoms with Crippen LogP contribution >= 0.6 is 0 Å². The van der Waals surface area contributed by atoms with Gasteiger partial charge in [-0.05, 0) is 29.8 Å². The molecule has 0 atom stereocenters. The number of carbonyl (C=O) groups excluding carboxylic acids is 1. The van der Waals surface area contributed by atoms with E-state index in [9.17, 15) is 4.79 Å². The molecule has 30 heavy (non-hydrogen) atoms. The number of nitrogens with one attached hydrogen (secondary N) is 1. The molecule has 0 aliphatic heterocycles. The number of pyridine rings is 1. The number of imidazole rings is 1. The van der Waals surface area contributed by atoms with E-state index < -0.39 is 0 Å². The number of rotatable bonds is 5. The van der Waals surface area contributed by atoms with Crippen molar-refractivity contribution in [3.63, 3.8) is 0 Å². The fourth-order valence-corrected chi connectivity index (χ4v) is 3.36. The number of hydrogen-bond donors (Lipinski definition) is 1. The van der Waals surface area contributed by atoms with Crippen LogP contribution in [-0.2, 0) is 6.54 Å². The molecular formula is C23H18N6O. The Bertz CT molecular complexity index is 1290. The minimum absolute atomic E-state index is 0.190. The summed E-state index contributed by atoms with van der Waals surface area (Å²) in [6, 6.07) is 23.1. The van der Waals surface area contributed by atoms with Crippen LogP contribution in [0.4, 0.5) is 5.82 Å². The molecule has 5 aromatic rings. The molecule has 0 aliphatic carbocycles. The molecule has 7 nitrogen and oxygen atoms in total. The van der Waals surface area contributed by atoms with Crippen LogP contribution in [0.2, 0.25) is 0 Å². The summed E-state index contributed by atoms with van der Waals surface area (Å²) in [6.07, 6.45) is 5.06. The monoisotopic (exact) mass is 394 g/mol. The molecule has 2 aromatic carbocycles. The molecule has 0 unspecified atom stereocenters. The minimum Gasteiger partial charge on any atom is -0.306 e. The summed E-state index contributed by atoms with van der Waals surface area (Å²) < 4.78 is 3.62. The van der Waals surface area contributed by atoms with Gasteiger partial charge in [-0.2, -0.15) is 5.10 Å². The fraction of sp³-hybridized carbons (Fsp3) is 0.0435. The number of nitrogens with zero attached hydrogens (tertiary/aromatic N) is 5. The second-order valence-corrected chi connectivity index (χ2v) is 6.85. The van der Waals surface area contributed by atoms with E-state index in [1.165, 1.54) is 6.33 Å². The average Bonchev–Trinajstić information content (AvgIpc) is 3.43. The number of hydrogen-bond acceptors (Lipinski definition) is 4. The molecule has 0 saturated carbocycles. The molecule has 3 heterocycles. The summed E-state index contributed by atoms with van der Waals surface area (Å²) in [5.41, 5.74) is 4.06. The zero-order valence-corrected chi connectivity index (χ0v) is 16.0. The van der Waals surface area contributed by atoms with Gasteiger partial charge in [0.15, 0.2) is 0 Å². The SMILES string of the molecule is O=C(Nc1c(-c2ccccc2)nc2ccccn12)c1ccc(Cn2cncn2)cc1. The van der Waals surface area contributed by atoms with Gasteiger partial charge in [0.05, 0.1) is 6.54 Å². The largest absolute Gasteiger partial charge is 0.306 e. The molecular weight excluding hydrogens is 376 g/mol. The van der Waals surface area contributed by atoms with Crippen molar-refractivity contribution in [2.24, 2.45) is 0 Å². The molecule has 1 amide bonds. The van der Waals surface area contributed by atoms with Crippen LogP contribution in [0.15, 0.2) is 91.6 Å². The summed E-state index contributed by atoms with van der Waals surface area (Å²) in [4.78, 5) is 21.6. The van der Waals surface area contributed by atoms with Gasteiger partial charge in [0, 0.05) is 17.3 Å². The van der Waals surface area contributed by atoms with Crippen molar-refractivity contribution in [2.75, 3.05) is 5.32 Å². The van der Waals surface area contributed by atoms with Crippen molar-refractivity contribution in [1.82, 2.24) is 24.1 Å². The number of aromatic nitrogens is 5. The lowest BCUT2D eigenvalue weighted by Crippen LogP contribution is -2.14. The van der Waals surface area contributed by atoms with Crippen molar-refractivity contribution in [3.8, 4) is 11.3 Å². The molecule has 7 heteroatoms. The zero-order valence-electron chi connectivity index (χ0n) is 16.0. The third-order valence-electron chi connectivity index (χ3n) is 4.84. The van der Waals surface area contributed by atoms with Crippen LogP contribution in [0, 0.1) is 0 Å². The zero-order chi connectivity index (χ0) is 20.3. The van der Waals surface area contributed by atoms with Gasteiger partial charge in [0.25, 0.3) is 5.91 Å². The molecule has 5 rings (SSSR count). The standard InChI is InChI=1S/C23H18N6O/c30-23(19-11-9-17(10-12-19)14-28-16-24-15-25-28)27-22-21(18-6-2-1-3-7-18)26-20-8-4-5-13-29(20)22/h1-13,15-16H,14H2,(H,27,30). The smallest absolute Gasteiger partial charge is 0.256 e. The first kappa shape index (κ1) is 17.8. The van der Waals surface area contributed by atoms with Gasteiger partial charge in [-0.15, -0.1) is 0 Å².